The van der Waals surface area contributed by atoms with Gasteiger partial charge in [-0.15, -0.1) is 13.2 Å². The zero-order valence-electron chi connectivity index (χ0n) is 7.94. The molecule has 0 aromatic heterocycles. The number of halogens is 4. The zero-order valence-corrected chi connectivity index (χ0v) is 8.69. The van der Waals surface area contributed by atoms with Gasteiger partial charge < -0.3 is 10.5 Å². The quantitative estimate of drug-likeness (QED) is 0.642. The van der Waals surface area contributed by atoms with Gasteiger partial charge in [0.1, 0.15) is 5.75 Å². The maximum atomic E-state index is 11.9. The van der Waals surface area contributed by atoms with E-state index in [4.69, 9.17) is 22.7 Å². The first-order valence-corrected chi connectivity index (χ1v) is 4.53. The molecule has 3 N–H and O–H groups in total. The lowest BCUT2D eigenvalue weighted by molar-refractivity contribution is -0.274. The lowest BCUT2D eigenvalue weighted by atomic mass is 10.1. The van der Waals surface area contributed by atoms with Crippen LogP contribution in [0.25, 0.3) is 0 Å². The predicted molar refractivity (Wildman–Crippen MR) is 53.8 cm³/mol. The topological polar surface area (TPSA) is 59.1 Å². The molecule has 0 atom stereocenters. The van der Waals surface area contributed by atoms with Gasteiger partial charge >= 0.3 is 6.36 Å². The van der Waals surface area contributed by atoms with Gasteiger partial charge in [-0.25, -0.2) is 0 Å². The highest BCUT2D eigenvalue weighted by Gasteiger charge is 2.31. The third kappa shape index (κ3) is 3.98. The summed E-state index contributed by atoms with van der Waals surface area (Å²) in [5.41, 5.74) is 5.69. The third-order valence-electron chi connectivity index (χ3n) is 1.62. The maximum absolute atomic E-state index is 11.9. The fourth-order valence-corrected chi connectivity index (χ4v) is 1.32. The van der Waals surface area contributed by atoms with E-state index in [0.29, 0.717) is 5.56 Å². The molecule has 0 unspecified atom stereocenters. The average molecular weight is 253 g/mol. The van der Waals surface area contributed by atoms with E-state index in [1.807, 2.05) is 0 Å². The molecule has 0 heterocycles. The Labute approximate surface area is 94.5 Å². The van der Waals surface area contributed by atoms with Gasteiger partial charge in [0.2, 0.25) is 0 Å². The van der Waals surface area contributed by atoms with E-state index in [-0.39, 0.29) is 17.3 Å². The maximum Gasteiger partial charge on any atom is 0.573 e. The van der Waals surface area contributed by atoms with Crippen molar-refractivity contribution in [2.75, 3.05) is 0 Å². The minimum atomic E-state index is -4.77. The molecule has 1 rings (SSSR count). The normalized spacial score (nSPS) is 11.2. The van der Waals surface area contributed by atoms with E-state index in [0.717, 1.165) is 6.07 Å². The molecule has 1 aromatic carbocycles. The molecule has 0 aliphatic rings. The first kappa shape index (κ1) is 12.6. The van der Waals surface area contributed by atoms with Crippen LogP contribution in [0.3, 0.4) is 0 Å². The predicted octanol–water partition coefficient (Wildman–Crippen LogP) is 2.72. The number of hydrogen-bond acceptors (Lipinski definition) is 2. The van der Waals surface area contributed by atoms with Crippen LogP contribution in [0.4, 0.5) is 13.2 Å². The van der Waals surface area contributed by atoms with Gasteiger partial charge in [0.15, 0.2) is 0 Å². The second kappa shape index (κ2) is 4.61. The molecule has 3 nitrogen and oxygen atoms in total. The van der Waals surface area contributed by atoms with Crippen molar-refractivity contribution >= 4 is 17.4 Å². The van der Waals surface area contributed by atoms with Crippen LogP contribution in [-0.4, -0.2) is 12.2 Å². The molecule has 0 bridgehead atoms. The van der Waals surface area contributed by atoms with E-state index < -0.39 is 12.1 Å². The zero-order chi connectivity index (χ0) is 12.3. The summed E-state index contributed by atoms with van der Waals surface area (Å²) in [5.74, 6) is -0.568. The molecular weight excluding hydrogens is 245 g/mol. The van der Waals surface area contributed by atoms with Gasteiger partial charge in [-0.3, -0.25) is 5.41 Å². The minimum absolute atomic E-state index is 0.0967. The number of amidine groups is 1. The lowest BCUT2D eigenvalue weighted by Gasteiger charge is -2.11. The fraction of sp³-hybridized carbons (Fsp3) is 0.222. The molecule has 0 fully saturated rings. The Hall–Kier alpha value is -1.43. The van der Waals surface area contributed by atoms with E-state index in [9.17, 15) is 13.2 Å². The summed E-state index contributed by atoms with van der Waals surface area (Å²) in [4.78, 5) is 0. The third-order valence-corrected chi connectivity index (χ3v) is 1.91. The van der Waals surface area contributed by atoms with Crippen LogP contribution in [0.2, 0.25) is 5.02 Å². The van der Waals surface area contributed by atoms with E-state index in [2.05, 4.69) is 4.74 Å². The Morgan fingerprint density at radius 3 is 2.50 bits per heavy atom. The van der Waals surface area contributed by atoms with E-state index in [1.54, 1.807) is 0 Å². The van der Waals surface area contributed by atoms with Crippen molar-refractivity contribution in [3.05, 3.63) is 28.8 Å². The first-order valence-electron chi connectivity index (χ1n) is 4.15. The molecule has 0 saturated carbocycles. The number of nitrogens with two attached hydrogens (primary N) is 1. The molecule has 0 saturated heterocycles. The standard InChI is InChI=1S/C9H8ClF3N2O/c10-6-3-5(4-8(14)15)1-2-7(6)16-9(11,12)13/h1-3H,4H2,(H3,14,15). The van der Waals surface area contributed by atoms with Crippen LogP contribution in [0.5, 0.6) is 5.75 Å². The molecule has 16 heavy (non-hydrogen) atoms. The van der Waals surface area contributed by atoms with Crippen LogP contribution >= 0.6 is 11.6 Å². The lowest BCUT2D eigenvalue weighted by Crippen LogP contribution is -2.17. The van der Waals surface area contributed by atoms with Gasteiger partial charge in [-0.05, 0) is 17.7 Å². The number of ether oxygens (including phenoxy) is 1. The van der Waals surface area contributed by atoms with Gasteiger partial charge in [0.05, 0.1) is 10.9 Å². The molecule has 1 aromatic rings. The number of benzene rings is 1. The molecule has 88 valence electrons. The van der Waals surface area contributed by atoms with E-state index >= 15 is 0 Å². The average Bonchev–Trinajstić information content (AvgIpc) is 2.06. The van der Waals surface area contributed by atoms with Crippen LogP contribution in [0.1, 0.15) is 5.56 Å². The molecule has 7 heteroatoms. The highest BCUT2D eigenvalue weighted by atomic mass is 35.5. The number of nitrogens with one attached hydrogen (secondary N) is 1. The highest BCUT2D eigenvalue weighted by Crippen LogP contribution is 2.30. The van der Waals surface area contributed by atoms with Crippen molar-refractivity contribution < 1.29 is 17.9 Å². The van der Waals surface area contributed by atoms with Crippen molar-refractivity contribution in [2.24, 2.45) is 5.73 Å². The Morgan fingerprint density at radius 2 is 2.06 bits per heavy atom. The second-order valence-electron chi connectivity index (χ2n) is 3.01. The fourth-order valence-electron chi connectivity index (χ4n) is 1.08. The van der Waals surface area contributed by atoms with Crippen LogP contribution in [0, 0.1) is 5.41 Å². The monoisotopic (exact) mass is 252 g/mol. The SMILES string of the molecule is N=C(N)Cc1ccc(OC(F)(F)F)c(Cl)c1. The van der Waals surface area contributed by atoms with Gasteiger partial charge in [0, 0.05) is 6.42 Å². The summed E-state index contributed by atoms with van der Waals surface area (Å²) < 4.78 is 39.4. The van der Waals surface area contributed by atoms with Crippen molar-refractivity contribution in [2.45, 2.75) is 12.8 Å². The minimum Gasteiger partial charge on any atom is -0.404 e. The summed E-state index contributed by atoms with van der Waals surface area (Å²) in [6.07, 6.45) is -4.64. The smallest absolute Gasteiger partial charge is 0.404 e. The molecule has 0 amide bonds. The summed E-state index contributed by atoms with van der Waals surface area (Å²) in [7, 11) is 0. The first-order chi connectivity index (χ1) is 7.28. The van der Waals surface area contributed by atoms with Crippen molar-refractivity contribution in [1.29, 1.82) is 5.41 Å². The molecule has 0 radical (unpaired) electrons. The van der Waals surface area contributed by atoms with Gasteiger partial charge in [-0.2, -0.15) is 0 Å². The Kier molecular flexibility index (Phi) is 3.64. The van der Waals surface area contributed by atoms with Crippen LogP contribution < -0.4 is 10.5 Å². The van der Waals surface area contributed by atoms with Crippen LogP contribution in [0.15, 0.2) is 18.2 Å². The van der Waals surface area contributed by atoms with Gasteiger partial charge in [0.25, 0.3) is 0 Å². The molecule has 0 aliphatic carbocycles. The Morgan fingerprint density at radius 1 is 1.44 bits per heavy atom. The Balaban J connectivity index is 2.87. The molecular formula is C9H8ClF3N2O. The van der Waals surface area contributed by atoms with Crippen LogP contribution in [-0.2, 0) is 6.42 Å². The van der Waals surface area contributed by atoms with Crippen molar-refractivity contribution in [3.63, 3.8) is 0 Å². The van der Waals surface area contributed by atoms with E-state index in [1.165, 1.54) is 12.1 Å². The largest absolute Gasteiger partial charge is 0.573 e. The molecule has 0 aliphatic heterocycles. The van der Waals surface area contributed by atoms with Gasteiger partial charge in [-0.1, -0.05) is 17.7 Å². The Bertz CT molecular complexity index is 406. The van der Waals surface area contributed by atoms with Crippen molar-refractivity contribution in [1.82, 2.24) is 0 Å². The summed E-state index contributed by atoms with van der Waals surface area (Å²) >= 11 is 5.58. The number of hydrogen-bond donors (Lipinski definition) is 2. The molecule has 0 spiro atoms. The highest BCUT2D eigenvalue weighted by molar-refractivity contribution is 6.32. The number of alkyl halides is 3. The number of rotatable bonds is 3. The summed E-state index contributed by atoms with van der Waals surface area (Å²) in [5, 5.41) is 6.85. The second-order valence-corrected chi connectivity index (χ2v) is 3.42. The van der Waals surface area contributed by atoms with Crippen molar-refractivity contribution in [3.8, 4) is 5.75 Å². The summed E-state index contributed by atoms with van der Waals surface area (Å²) in [6.45, 7) is 0. The summed E-state index contributed by atoms with van der Waals surface area (Å²) in [6, 6.07) is 3.74.